The molecule has 0 atom stereocenters. The van der Waals surface area contributed by atoms with Gasteiger partial charge in [0.2, 0.25) is 0 Å². The van der Waals surface area contributed by atoms with Crippen LogP contribution in [0.4, 0.5) is 11.4 Å². The maximum atomic E-state index is 5.75. The van der Waals surface area contributed by atoms with Crippen LogP contribution < -0.4 is 17.0 Å². The van der Waals surface area contributed by atoms with Gasteiger partial charge < -0.3 is 11.2 Å². The number of hydrogen-bond donors (Lipinski definition) is 3. The van der Waals surface area contributed by atoms with Gasteiger partial charge >= 0.3 is 0 Å². The second-order valence-corrected chi connectivity index (χ2v) is 2.75. The SMILES string of the molecule is NNc1ccnc2c(N)cccc12. The Morgan fingerprint density at radius 2 is 2.08 bits per heavy atom. The summed E-state index contributed by atoms with van der Waals surface area (Å²) < 4.78 is 0. The first kappa shape index (κ1) is 7.82. The van der Waals surface area contributed by atoms with Crippen molar-refractivity contribution < 1.29 is 0 Å². The molecule has 0 radical (unpaired) electrons. The molecular formula is C9H10N4. The fourth-order valence-electron chi connectivity index (χ4n) is 1.32. The average Bonchev–Trinajstić information content (AvgIpc) is 2.18. The highest BCUT2D eigenvalue weighted by Crippen LogP contribution is 2.24. The number of hydrogen-bond acceptors (Lipinski definition) is 4. The molecule has 0 amide bonds. The van der Waals surface area contributed by atoms with Crippen molar-refractivity contribution >= 4 is 22.3 Å². The maximum absolute atomic E-state index is 5.75. The van der Waals surface area contributed by atoms with Gasteiger partial charge in [-0.1, -0.05) is 12.1 Å². The summed E-state index contributed by atoms with van der Waals surface area (Å²) in [7, 11) is 0. The molecule has 0 aliphatic heterocycles. The van der Waals surface area contributed by atoms with Crippen molar-refractivity contribution in [2.24, 2.45) is 5.84 Å². The molecule has 13 heavy (non-hydrogen) atoms. The number of nitrogens with two attached hydrogens (primary N) is 2. The Labute approximate surface area is 75.5 Å². The Balaban J connectivity index is 2.84. The molecule has 0 saturated carbocycles. The molecule has 4 heteroatoms. The lowest BCUT2D eigenvalue weighted by Gasteiger charge is -2.05. The number of hydrazine groups is 1. The van der Waals surface area contributed by atoms with Crippen molar-refractivity contribution in [3.63, 3.8) is 0 Å². The number of fused-ring (bicyclic) bond motifs is 1. The zero-order chi connectivity index (χ0) is 9.26. The molecule has 1 heterocycles. The first-order chi connectivity index (χ1) is 6.33. The van der Waals surface area contributed by atoms with E-state index in [4.69, 9.17) is 11.6 Å². The maximum Gasteiger partial charge on any atom is 0.0952 e. The first-order valence-electron chi connectivity index (χ1n) is 3.93. The zero-order valence-electron chi connectivity index (χ0n) is 6.99. The monoisotopic (exact) mass is 174 g/mol. The van der Waals surface area contributed by atoms with E-state index < -0.39 is 0 Å². The van der Waals surface area contributed by atoms with E-state index in [2.05, 4.69) is 10.4 Å². The summed E-state index contributed by atoms with van der Waals surface area (Å²) >= 11 is 0. The highest BCUT2D eigenvalue weighted by Gasteiger charge is 2.01. The molecule has 5 N–H and O–H groups in total. The fourth-order valence-corrected chi connectivity index (χ4v) is 1.32. The second-order valence-electron chi connectivity index (χ2n) is 2.75. The number of benzene rings is 1. The van der Waals surface area contributed by atoms with Crippen molar-refractivity contribution in [2.75, 3.05) is 11.2 Å². The lowest BCUT2D eigenvalue weighted by Crippen LogP contribution is -2.07. The van der Waals surface area contributed by atoms with Crippen LogP contribution in [0.5, 0.6) is 0 Å². The standard InChI is InChI=1S/C9H10N4/c10-7-3-1-2-6-8(13-11)4-5-12-9(6)7/h1-5H,10-11H2,(H,12,13). The summed E-state index contributed by atoms with van der Waals surface area (Å²) in [6.07, 6.45) is 1.67. The Kier molecular flexibility index (Phi) is 1.75. The van der Waals surface area contributed by atoms with Crippen LogP contribution in [0.2, 0.25) is 0 Å². The van der Waals surface area contributed by atoms with E-state index in [1.807, 2.05) is 24.3 Å². The number of rotatable bonds is 1. The summed E-state index contributed by atoms with van der Waals surface area (Å²) in [6.45, 7) is 0. The molecule has 2 aromatic rings. The highest BCUT2D eigenvalue weighted by molar-refractivity contribution is 5.97. The molecule has 0 aliphatic rings. The Bertz CT molecular complexity index is 439. The molecule has 66 valence electrons. The average molecular weight is 174 g/mol. The van der Waals surface area contributed by atoms with Crippen LogP contribution in [-0.2, 0) is 0 Å². The van der Waals surface area contributed by atoms with Crippen LogP contribution >= 0.6 is 0 Å². The molecule has 0 fully saturated rings. The zero-order valence-corrected chi connectivity index (χ0v) is 6.99. The van der Waals surface area contributed by atoms with Crippen LogP contribution in [0.15, 0.2) is 30.5 Å². The van der Waals surface area contributed by atoms with Gasteiger partial charge in [0.25, 0.3) is 0 Å². The first-order valence-corrected chi connectivity index (χ1v) is 3.93. The number of nitrogen functional groups attached to an aromatic ring is 2. The van der Waals surface area contributed by atoms with E-state index in [9.17, 15) is 0 Å². The van der Waals surface area contributed by atoms with Gasteiger partial charge in [-0.05, 0) is 12.1 Å². The van der Waals surface area contributed by atoms with Crippen LogP contribution in [0.25, 0.3) is 10.9 Å². The van der Waals surface area contributed by atoms with Gasteiger partial charge in [0, 0.05) is 11.6 Å². The van der Waals surface area contributed by atoms with E-state index in [0.717, 1.165) is 16.6 Å². The number of nitrogens with one attached hydrogen (secondary N) is 1. The molecule has 0 aliphatic carbocycles. The van der Waals surface area contributed by atoms with Crippen molar-refractivity contribution in [2.45, 2.75) is 0 Å². The molecule has 1 aromatic carbocycles. The fraction of sp³-hybridized carbons (Fsp3) is 0. The van der Waals surface area contributed by atoms with Crippen molar-refractivity contribution in [3.8, 4) is 0 Å². The van der Waals surface area contributed by atoms with Gasteiger partial charge in [-0.3, -0.25) is 10.8 Å². The topological polar surface area (TPSA) is 77.0 Å². The van der Waals surface area contributed by atoms with Crippen molar-refractivity contribution in [3.05, 3.63) is 30.5 Å². The van der Waals surface area contributed by atoms with Crippen LogP contribution in [0, 0.1) is 0 Å². The lowest BCUT2D eigenvalue weighted by molar-refractivity contribution is 1.33. The van der Waals surface area contributed by atoms with Crippen molar-refractivity contribution in [1.82, 2.24) is 4.98 Å². The molecular weight excluding hydrogens is 164 g/mol. The molecule has 1 aromatic heterocycles. The summed E-state index contributed by atoms with van der Waals surface area (Å²) in [4.78, 5) is 4.17. The molecule has 0 saturated heterocycles. The summed E-state index contributed by atoms with van der Waals surface area (Å²) in [5, 5.41) is 0.935. The van der Waals surface area contributed by atoms with Crippen molar-refractivity contribution in [1.29, 1.82) is 0 Å². The Hall–Kier alpha value is -1.81. The van der Waals surface area contributed by atoms with E-state index in [0.29, 0.717) is 5.69 Å². The Morgan fingerprint density at radius 1 is 1.23 bits per heavy atom. The van der Waals surface area contributed by atoms with Gasteiger partial charge in [-0.25, -0.2) is 0 Å². The third-order valence-electron chi connectivity index (χ3n) is 1.96. The molecule has 0 bridgehead atoms. The summed E-state index contributed by atoms with van der Waals surface area (Å²) in [5.41, 5.74) is 10.6. The normalized spacial score (nSPS) is 10.2. The van der Waals surface area contributed by atoms with E-state index in [1.165, 1.54) is 0 Å². The molecule has 4 nitrogen and oxygen atoms in total. The molecule has 2 rings (SSSR count). The van der Waals surface area contributed by atoms with Gasteiger partial charge in [0.1, 0.15) is 0 Å². The predicted molar refractivity (Wildman–Crippen MR) is 54.0 cm³/mol. The Morgan fingerprint density at radius 3 is 2.85 bits per heavy atom. The van der Waals surface area contributed by atoms with Gasteiger partial charge in [-0.2, -0.15) is 0 Å². The number of anilines is 2. The minimum Gasteiger partial charge on any atom is -0.397 e. The third kappa shape index (κ3) is 1.17. The number of aromatic nitrogens is 1. The molecule has 0 unspecified atom stereocenters. The quantitative estimate of drug-likeness (QED) is 0.344. The van der Waals surface area contributed by atoms with E-state index >= 15 is 0 Å². The largest absolute Gasteiger partial charge is 0.397 e. The molecule has 0 spiro atoms. The third-order valence-corrected chi connectivity index (χ3v) is 1.96. The van der Waals surface area contributed by atoms with Crippen LogP contribution in [0.3, 0.4) is 0 Å². The van der Waals surface area contributed by atoms with Crippen LogP contribution in [0.1, 0.15) is 0 Å². The van der Waals surface area contributed by atoms with E-state index in [-0.39, 0.29) is 0 Å². The minimum absolute atomic E-state index is 0.662. The summed E-state index contributed by atoms with van der Waals surface area (Å²) in [5.74, 6) is 5.35. The van der Waals surface area contributed by atoms with Gasteiger partial charge in [0.15, 0.2) is 0 Å². The predicted octanol–water partition coefficient (Wildman–Crippen LogP) is 1.10. The van der Waals surface area contributed by atoms with Gasteiger partial charge in [-0.15, -0.1) is 0 Å². The summed E-state index contributed by atoms with van der Waals surface area (Å²) in [6, 6.07) is 7.42. The number of para-hydroxylation sites is 1. The number of pyridine rings is 1. The minimum atomic E-state index is 0.662. The van der Waals surface area contributed by atoms with Crippen LogP contribution in [-0.4, -0.2) is 4.98 Å². The van der Waals surface area contributed by atoms with Gasteiger partial charge in [0.05, 0.1) is 16.9 Å². The number of nitrogens with zero attached hydrogens (tertiary/aromatic N) is 1. The highest BCUT2D eigenvalue weighted by atomic mass is 15.2. The smallest absolute Gasteiger partial charge is 0.0952 e. The van der Waals surface area contributed by atoms with E-state index in [1.54, 1.807) is 6.20 Å². The lowest BCUT2D eigenvalue weighted by atomic mass is 10.1. The second kappa shape index (κ2) is 2.91.